The van der Waals surface area contributed by atoms with Gasteiger partial charge in [0.2, 0.25) is 0 Å². The molecule has 1 fully saturated rings. The smallest absolute Gasteiger partial charge is 0.271 e. The highest BCUT2D eigenvalue weighted by Gasteiger charge is 2.22. The van der Waals surface area contributed by atoms with Gasteiger partial charge in [-0.3, -0.25) is 14.5 Å². The number of benzene rings is 1. The van der Waals surface area contributed by atoms with E-state index < -0.39 is 0 Å². The van der Waals surface area contributed by atoms with E-state index in [4.69, 9.17) is 0 Å². The van der Waals surface area contributed by atoms with E-state index in [1.54, 1.807) is 0 Å². The molecule has 0 aliphatic carbocycles. The van der Waals surface area contributed by atoms with Gasteiger partial charge in [0.05, 0.1) is 0 Å². The van der Waals surface area contributed by atoms with Crippen LogP contribution in [0.5, 0.6) is 0 Å². The lowest BCUT2D eigenvalue weighted by atomic mass is 9.91. The van der Waals surface area contributed by atoms with Crippen molar-refractivity contribution in [3.8, 4) is 0 Å². The lowest BCUT2D eigenvalue weighted by Gasteiger charge is -2.35. The summed E-state index contributed by atoms with van der Waals surface area (Å²) in [6, 6.07) is 11.2. The number of aromatic nitrogens is 2. The zero-order valence-electron chi connectivity index (χ0n) is 17.7. The van der Waals surface area contributed by atoms with Crippen molar-refractivity contribution in [2.24, 2.45) is 11.8 Å². The number of piperidine rings is 1. The molecular formula is C23H32N4O2. The first kappa shape index (κ1) is 21.2. The van der Waals surface area contributed by atoms with Gasteiger partial charge in [0, 0.05) is 38.8 Å². The average Bonchev–Trinajstić information content (AvgIpc) is 2.68. The van der Waals surface area contributed by atoms with Crippen LogP contribution in [0.4, 0.5) is 0 Å². The summed E-state index contributed by atoms with van der Waals surface area (Å²) in [4.78, 5) is 26.9. The van der Waals surface area contributed by atoms with Gasteiger partial charge in [0.1, 0.15) is 5.69 Å². The standard InChI is InChI=1S/C23H32N4O2/c1-4-11-27-22(28)10-9-21(25-27)23(29)24-13-19-7-5-6-8-20(19)16-26-14-17(2)12-18(3)15-26/h5-10,17-18H,4,11-16H2,1-3H3,(H,24,29)/t17-,18-/m1/s1. The highest BCUT2D eigenvalue weighted by atomic mass is 16.2. The van der Waals surface area contributed by atoms with Crippen molar-refractivity contribution < 1.29 is 4.79 Å². The summed E-state index contributed by atoms with van der Waals surface area (Å²) in [7, 11) is 0. The van der Waals surface area contributed by atoms with Crippen molar-refractivity contribution in [3.05, 3.63) is 63.6 Å². The second-order valence-corrected chi connectivity index (χ2v) is 8.37. The molecule has 0 spiro atoms. The molecule has 29 heavy (non-hydrogen) atoms. The van der Waals surface area contributed by atoms with E-state index in [0.29, 0.717) is 13.1 Å². The molecule has 6 nitrogen and oxygen atoms in total. The molecule has 2 atom stereocenters. The van der Waals surface area contributed by atoms with Crippen LogP contribution in [0.3, 0.4) is 0 Å². The number of nitrogens with one attached hydrogen (secondary N) is 1. The normalized spacial score (nSPS) is 19.8. The molecule has 156 valence electrons. The number of rotatable bonds is 7. The number of amides is 1. The molecule has 1 aromatic carbocycles. The van der Waals surface area contributed by atoms with Crippen molar-refractivity contribution in [1.82, 2.24) is 20.0 Å². The maximum atomic E-state index is 12.6. The Bertz CT molecular complexity index is 882. The van der Waals surface area contributed by atoms with Crippen LogP contribution in [-0.4, -0.2) is 33.7 Å². The number of hydrogen-bond donors (Lipinski definition) is 1. The minimum Gasteiger partial charge on any atom is -0.347 e. The fourth-order valence-corrected chi connectivity index (χ4v) is 4.25. The first-order valence-electron chi connectivity index (χ1n) is 10.6. The topological polar surface area (TPSA) is 67.2 Å². The highest BCUT2D eigenvalue weighted by Crippen LogP contribution is 2.23. The van der Waals surface area contributed by atoms with Gasteiger partial charge < -0.3 is 5.32 Å². The minimum atomic E-state index is -0.259. The lowest BCUT2D eigenvalue weighted by Crippen LogP contribution is -2.38. The Morgan fingerprint density at radius 1 is 1.10 bits per heavy atom. The minimum absolute atomic E-state index is 0.182. The van der Waals surface area contributed by atoms with E-state index in [0.717, 1.165) is 43.5 Å². The Kier molecular flexibility index (Phi) is 7.20. The molecule has 0 bridgehead atoms. The summed E-state index contributed by atoms with van der Waals surface area (Å²) < 4.78 is 1.35. The van der Waals surface area contributed by atoms with E-state index >= 15 is 0 Å². The van der Waals surface area contributed by atoms with Crippen LogP contribution in [-0.2, 0) is 19.6 Å². The number of carbonyl (C=O) groups excluding carboxylic acids is 1. The largest absolute Gasteiger partial charge is 0.347 e. The first-order valence-corrected chi connectivity index (χ1v) is 10.6. The van der Waals surface area contributed by atoms with Gasteiger partial charge in [-0.05, 0) is 41.9 Å². The Morgan fingerprint density at radius 3 is 2.48 bits per heavy atom. The molecular weight excluding hydrogens is 364 g/mol. The van der Waals surface area contributed by atoms with Crippen LogP contribution in [0.15, 0.2) is 41.2 Å². The lowest BCUT2D eigenvalue weighted by molar-refractivity contribution is 0.0943. The van der Waals surface area contributed by atoms with Crippen LogP contribution in [0.2, 0.25) is 0 Å². The van der Waals surface area contributed by atoms with Gasteiger partial charge in [-0.1, -0.05) is 45.0 Å². The molecule has 0 radical (unpaired) electrons. The van der Waals surface area contributed by atoms with Gasteiger partial charge in [0.25, 0.3) is 11.5 Å². The Morgan fingerprint density at radius 2 is 1.79 bits per heavy atom. The predicted octanol–water partition coefficient (Wildman–Crippen LogP) is 3.06. The molecule has 0 saturated carbocycles. The highest BCUT2D eigenvalue weighted by molar-refractivity contribution is 5.91. The van der Waals surface area contributed by atoms with E-state index in [1.165, 1.54) is 28.8 Å². The molecule has 1 aromatic heterocycles. The number of carbonyl (C=O) groups is 1. The summed E-state index contributed by atoms with van der Waals surface area (Å²) in [5, 5.41) is 7.15. The van der Waals surface area contributed by atoms with Crippen LogP contribution in [0.25, 0.3) is 0 Å². The monoisotopic (exact) mass is 396 g/mol. The van der Waals surface area contributed by atoms with Crippen molar-refractivity contribution in [3.63, 3.8) is 0 Å². The second kappa shape index (κ2) is 9.83. The molecule has 2 aromatic rings. The summed E-state index contributed by atoms with van der Waals surface area (Å²) in [6.45, 7) is 10.7. The maximum Gasteiger partial charge on any atom is 0.271 e. The van der Waals surface area contributed by atoms with Crippen LogP contribution < -0.4 is 10.9 Å². The van der Waals surface area contributed by atoms with Crippen molar-refractivity contribution in [2.45, 2.75) is 53.2 Å². The fraction of sp³-hybridized carbons (Fsp3) is 0.522. The SMILES string of the molecule is CCCn1nc(C(=O)NCc2ccccc2CN2C[C@H](C)C[C@@H](C)C2)ccc1=O. The van der Waals surface area contributed by atoms with E-state index in [1.807, 2.05) is 13.0 Å². The van der Waals surface area contributed by atoms with Gasteiger partial charge >= 0.3 is 0 Å². The van der Waals surface area contributed by atoms with Crippen LogP contribution in [0, 0.1) is 11.8 Å². The zero-order chi connectivity index (χ0) is 20.8. The summed E-state index contributed by atoms with van der Waals surface area (Å²) >= 11 is 0. The van der Waals surface area contributed by atoms with Gasteiger partial charge in [-0.25, -0.2) is 4.68 Å². The fourth-order valence-electron chi connectivity index (χ4n) is 4.25. The zero-order valence-corrected chi connectivity index (χ0v) is 17.7. The molecule has 1 aliphatic rings. The van der Waals surface area contributed by atoms with E-state index in [-0.39, 0.29) is 17.2 Å². The predicted molar refractivity (Wildman–Crippen MR) is 115 cm³/mol. The Labute approximate surface area is 172 Å². The summed E-state index contributed by atoms with van der Waals surface area (Å²) in [5.41, 5.74) is 2.46. The number of aryl methyl sites for hydroxylation is 1. The van der Waals surface area contributed by atoms with Crippen molar-refractivity contribution >= 4 is 5.91 Å². The van der Waals surface area contributed by atoms with Crippen molar-refractivity contribution in [2.75, 3.05) is 13.1 Å². The average molecular weight is 397 g/mol. The van der Waals surface area contributed by atoms with E-state index in [9.17, 15) is 9.59 Å². The van der Waals surface area contributed by atoms with Crippen LogP contribution >= 0.6 is 0 Å². The first-order chi connectivity index (χ1) is 14.0. The van der Waals surface area contributed by atoms with Gasteiger partial charge in [-0.15, -0.1) is 0 Å². The molecule has 2 heterocycles. The third kappa shape index (κ3) is 5.76. The molecule has 6 heteroatoms. The Balaban J connectivity index is 1.66. The molecule has 1 aliphatic heterocycles. The third-order valence-electron chi connectivity index (χ3n) is 5.43. The number of hydrogen-bond acceptors (Lipinski definition) is 4. The molecule has 3 rings (SSSR count). The van der Waals surface area contributed by atoms with Crippen molar-refractivity contribution in [1.29, 1.82) is 0 Å². The van der Waals surface area contributed by atoms with Gasteiger partial charge in [-0.2, -0.15) is 5.10 Å². The van der Waals surface area contributed by atoms with Crippen LogP contribution in [0.1, 0.15) is 55.2 Å². The quantitative estimate of drug-likeness (QED) is 0.781. The summed E-state index contributed by atoms with van der Waals surface area (Å²) in [5.74, 6) is 1.18. The molecule has 0 unspecified atom stereocenters. The van der Waals surface area contributed by atoms with Gasteiger partial charge in [0.15, 0.2) is 0 Å². The summed E-state index contributed by atoms with van der Waals surface area (Å²) in [6.07, 6.45) is 2.08. The molecule has 1 N–H and O–H groups in total. The molecule has 1 saturated heterocycles. The third-order valence-corrected chi connectivity index (χ3v) is 5.43. The number of nitrogens with zero attached hydrogens (tertiary/aromatic N) is 3. The molecule has 1 amide bonds. The second-order valence-electron chi connectivity index (χ2n) is 8.37. The van der Waals surface area contributed by atoms with E-state index in [2.05, 4.69) is 47.4 Å². The maximum absolute atomic E-state index is 12.6. The number of likely N-dealkylation sites (tertiary alicyclic amines) is 1. The Hall–Kier alpha value is -2.47.